The summed E-state index contributed by atoms with van der Waals surface area (Å²) < 4.78 is 11.8. The van der Waals surface area contributed by atoms with E-state index in [0.29, 0.717) is 0 Å². The van der Waals surface area contributed by atoms with Crippen LogP contribution in [-0.2, 0) is 15.8 Å². The van der Waals surface area contributed by atoms with Gasteiger partial charge in [-0.1, -0.05) is 36.4 Å². The number of rotatable bonds is 6. The lowest BCUT2D eigenvalue weighted by atomic mass is 10.2. The predicted molar refractivity (Wildman–Crippen MR) is 78.8 cm³/mol. The number of carboxylic acid groups (broad SMARTS) is 1. The van der Waals surface area contributed by atoms with E-state index in [1.54, 1.807) is 5.01 Å². The van der Waals surface area contributed by atoms with E-state index in [1.807, 2.05) is 60.7 Å². The molecule has 0 bridgehead atoms. The van der Waals surface area contributed by atoms with Gasteiger partial charge in [-0.25, -0.2) is 4.21 Å². The first-order chi connectivity index (χ1) is 9.66. The number of hydrogen-bond acceptors (Lipinski definition) is 3. The Kier molecular flexibility index (Phi) is 4.86. The Morgan fingerprint density at radius 2 is 1.45 bits per heavy atom. The van der Waals surface area contributed by atoms with E-state index in [9.17, 15) is 9.00 Å². The van der Waals surface area contributed by atoms with Crippen LogP contribution in [0.5, 0.6) is 0 Å². The molecule has 5 nitrogen and oxygen atoms in total. The fourth-order valence-electron chi connectivity index (χ4n) is 1.65. The first kappa shape index (κ1) is 14.2. The number of hydrogen-bond donors (Lipinski definition) is 2. The Hall–Kier alpha value is -2.18. The lowest BCUT2D eigenvalue weighted by Gasteiger charge is -2.24. The van der Waals surface area contributed by atoms with Gasteiger partial charge in [0.05, 0.1) is 11.4 Å². The summed E-state index contributed by atoms with van der Waals surface area (Å²) in [5.74, 6) is -1.58. The Morgan fingerprint density at radius 3 is 1.85 bits per heavy atom. The van der Waals surface area contributed by atoms with Crippen LogP contribution >= 0.6 is 0 Å². The van der Waals surface area contributed by atoms with Crippen molar-refractivity contribution >= 4 is 28.3 Å². The first-order valence-corrected chi connectivity index (χ1v) is 7.25. The quantitative estimate of drug-likeness (QED) is 0.799. The molecule has 2 aromatic carbocycles. The van der Waals surface area contributed by atoms with Gasteiger partial charge in [-0.3, -0.25) is 9.80 Å². The highest BCUT2D eigenvalue weighted by molar-refractivity contribution is 7.83. The molecule has 0 aliphatic carbocycles. The molecule has 2 aromatic rings. The molecule has 0 amide bonds. The topological polar surface area (TPSA) is 69.6 Å². The SMILES string of the molecule is O=C(O)CS(=O)NN(c1ccccc1)c1ccccc1. The fraction of sp³-hybridized carbons (Fsp3) is 0.0714. The standard InChI is InChI=1S/C14H14N2O3S/c17-14(18)11-20(19)15-16(12-7-3-1-4-8-12)13-9-5-2-6-10-13/h1-10,15H,11H2,(H,17,18). The van der Waals surface area contributed by atoms with Gasteiger partial charge in [-0.15, -0.1) is 4.83 Å². The molecule has 0 fully saturated rings. The Labute approximate surface area is 119 Å². The normalized spacial score (nSPS) is 11.8. The van der Waals surface area contributed by atoms with Crippen molar-refractivity contribution in [3.63, 3.8) is 0 Å². The third kappa shape index (κ3) is 3.91. The molecule has 2 N–H and O–H groups in total. The number of para-hydroxylation sites is 2. The van der Waals surface area contributed by atoms with Crippen LogP contribution in [0.1, 0.15) is 0 Å². The number of carbonyl (C=O) groups is 1. The molecule has 0 radical (unpaired) electrons. The van der Waals surface area contributed by atoms with E-state index in [-0.39, 0.29) is 0 Å². The van der Waals surface area contributed by atoms with Crippen LogP contribution in [0.2, 0.25) is 0 Å². The van der Waals surface area contributed by atoms with Crippen molar-refractivity contribution in [2.24, 2.45) is 0 Å². The van der Waals surface area contributed by atoms with E-state index >= 15 is 0 Å². The maximum Gasteiger partial charge on any atom is 0.317 e. The molecule has 0 saturated carbocycles. The zero-order valence-electron chi connectivity index (χ0n) is 10.6. The van der Waals surface area contributed by atoms with E-state index in [2.05, 4.69) is 4.83 Å². The molecular weight excluding hydrogens is 276 g/mol. The number of nitrogens with one attached hydrogen (secondary N) is 1. The number of anilines is 2. The Bertz CT molecular complexity index is 550. The second kappa shape index (κ2) is 6.83. The highest BCUT2D eigenvalue weighted by Gasteiger charge is 2.13. The van der Waals surface area contributed by atoms with E-state index < -0.39 is 22.7 Å². The van der Waals surface area contributed by atoms with Crippen LogP contribution < -0.4 is 9.84 Å². The highest BCUT2D eigenvalue weighted by atomic mass is 32.2. The third-order valence-electron chi connectivity index (χ3n) is 2.48. The number of carboxylic acids is 1. The minimum absolute atomic E-state index is 0.462. The van der Waals surface area contributed by atoms with Crippen LogP contribution in [0.3, 0.4) is 0 Å². The van der Waals surface area contributed by atoms with Gasteiger partial charge in [-0.2, -0.15) is 0 Å². The maximum atomic E-state index is 11.8. The summed E-state index contributed by atoms with van der Waals surface area (Å²) in [5.41, 5.74) is 1.55. The molecule has 0 saturated heterocycles. The monoisotopic (exact) mass is 290 g/mol. The second-order valence-corrected chi connectivity index (χ2v) is 5.14. The largest absolute Gasteiger partial charge is 0.481 e. The minimum Gasteiger partial charge on any atom is -0.481 e. The second-order valence-electron chi connectivity index (χ2n) is 3.98. The van der Waals surface area contributed by atoms with Crippen molar-refractivity contribution in [2.45, 2.75) is 0 Å². The summed E-state index contributed by atoms with van der Waals surface area (Å²) in [4.78, 5) is 13.3. The van der Waals surface area contributed by atoms with Gasteiger partial charge in [0.25, 0.3) is 0 Å². The average Bonchev–Trinajstić information content (AvgIpc) is 2.46. The number of hydrazine groups is 1. The van der Waals surface area contributed by atoms with Crippen molar-refractivity contribution in [3.05, 3.63) is 60.7 Å². The third-order valence-corrected chi connectivity index (χ3v) is 3.37. The lowest BCUT2D eigenvalue weighted by Crippen LogP contribution is -2.37. The molecule has 0 heterocycles. The van der Waals surface area contributed by atoms with Gasteiger partial charge in [0.15, 0.2) is 0 Å². The molecule has 1 atom stereocenters. The molecule has 0 spiro atoms. The van der Waals surface area contributed by atoms with Crippen LogP contribution in [0.4, 0.5) is 11.4 Å². The summed E-state index contributed by atoms with van der Waals surface area (Å²) >= 11 is 0. The van der Waals surface area contributed by atoms with E-state index in [4.69, 9.17) is 5.11 Å². The molecule has 6 heteroatoms. The highest BCUT2D eigenvalue weighted by Crippen LogP contribution is 2.22. The minimum atomic E-state index is -1.70. The summed E-state index contributed by atoms with van der Waals surface area (Å²) in [6.07, 6.45) is 0. The fourth-order valence-corrected chi connectivity index (χ4v) is 2.36. The van der Waals surface area contributed by atoms with Crippen molar-refractivity contribution in [1.29, 1.82) is 0 Å². The van der Waals surface area contributed by atoms with Crippen molar-refractivity contribution in [2.75, 3.05) is 10.8 Å². The van der Waals surface area contributed by atoms with Gasteiger partial charge in [0, 0.05) is 0 Å². The molecule has 2 rings (SSSR count). The maximum absolute atomic E-state index is 11.8. The van der Waals surface area contributed by atoms with E-state index in [1.165, 1.54) is 0 Å². The van der Waals surface area contributed by atoms with Crippen LogP contribution in [-0.4, -0.2) is 21.0 Å². The number of nitrogens with zero attached hydrogens (tertiary/aromatic N) is 1. The summed E-state index contributed by atoms with van der Waals surface area (Å²) in [6.45, 7) is 0. The van der Waals surface area contributed by atoms with Gasteiger partial charge < -0.3 is 5.11 Å². The summed E-state index contributed by atoms with van der Waals surface area (Å²) in [6, 6.07) is 18.5. The predicted octanol–water partition coefficient (Wildman–Crippen LogP) is 2.08. The molecule has 0 aliphatic heterocycles. The van der Waals surface area contributed by atoms with Gasteiger partial charge >= 0.3 is 5.97 Å². The molecule has 0 aromatic heterocycles. The average molecular weight is 290 g/mol. The Balaban J connectivity index is 2.26. The van der Waals surface area contributed by atoms with Gasteiger partial charge in [0.2, 0.25) is 0 Å². The molecular formula is C14H14N2O3S. The van der Waals surface area contributed by atoms with Gasteiger partial charge in [0.1, 0.15) is 16.7 Å². The summed E-state index contributed by atoms with van der Waals surface area (Å²) in [7, 11) is -1.70. The summed E-state index contributed by atoms with van der Waals surface area (Å²) in [5, 5.41) is 10.3. The number of aliphatic carboxylic acids is 1. The molecule has 20 heavy (non-hydrogen) atoms. The van der Waals surface area contributed by atoms with Crippen molar-refractivity contribution in [1.82, 2.24) is 4.83 Å². The molecule has 104 valence electrons. The smallest absolute Gasteiger partial charge is 0.317 e. The van der Waals surface area contributed by atoms with Crippen LogP contribution in [0.25, 0.3) is 0 Å². The molecule has 1 unspecified atom stereocenters. The first-order valence-electron chi connectivity index (χ1n) is 5.93. The van der Waals surface area contributed by atoms with Crippen LogP contribution in [0, 0.1) is 0 Å². The van der Waals surface area contributed by atoms with E-state index in [0.717, 1.165) is 11.4 Å². The van der Waals surface area contributed by atoms with Crippen molar-refractivity contribution < 1.29 is 14.1 Å². The molecule has 0 aliphatic rings. The Morgan fingerprint density at radius 1 is 1.00 bits per heavy atom. The zero-order valence-corrected chi connectivity index (χ0v) is 11.4. The van der Waals surface area contributed by atoms with Crippen molar-refractivity contribution in [3.8, 4) is 0 Å². The van der Waals surface area contributed by atoms with Crippen LogP contribution in [0.15, 0.2) is 60.7 Å². The van der Waals surface area contributed by atoms with Gasteiger partial charge in [-0.05, 0) is 24.3 Å². The number of benzene rings is 2. The zero-order chi connectivity index (χ0) is 14.4. The lowest BCUT2D eigenvalue weighted by molar-refractivity contribution is -0.133.